The van der Waals surface area contributed by atoms with Crippen molar-refractivity contribution in [3.63, 3.8) is 0 Å². The van der Waals surface area contributed by atoms with Crippen molar-refractivity contribution in [1.29, 1.82) is 0 Å². The smallest absolute Gasteiger partial charge is 0.239 e. The van der Waals surface area contributed by atoms with Crippen LogP contribution in [0.4, 0.5) is 5.69 Å². The predicted octanol–water partition coefficient (Wildman–Crippen LogP) is 1.77. The van der Waals surface area contributed by atoms with Crippen molar-refractivity contribution in [2.45, 2.75) is 19.9 Å². The number of benzene rings is 1. The molecule has 1 N–H and O–H groups in total. The number of carbonyl (C=O) groups excluding carboxylic acids is 2. The Labute approximate surface area is 166 Å². The molecule has 1 saturated heterocycles. The van der Waals surface area contributed by atoms with Gasteiger partial charge in [0.2, 0.25) is 11.8 Å². The van der Waals surface area contributed by atoms with Gasteiger partial charge >= 0.3 is 0 Å². The molecule has 2 rings (SSSR count). The van der Waals surface area contributed by atoms with Crippen molar-refractivity contribution >= 4 is 29.1 Å². The summed E-state index contributed by atoms with van der Waals surface area (Å²) in [7, 11) is 3.31. The third-order valence-electron chi connectivity index (χ3n) is 4.98. The van der Waals surface area contributed by atoms with E-state index in [1.165, 1.54) is 7.11 Å². The molecule has 1 fully saturated rings. The maximum absolute atomic E-state index is 12.7. The first kappa shape index (κ1) is 21.5. The Balaban J connectivity index is 1.90. The van der Waals surface area contributed by atoms with Crippen molar-refractivity contribution < 1.29 is 14.3 Å². The van der Waals surface area contributed by atoms with Crippen LogP contribution in [0.3, 0.4) is 0 Å². The van der Waals surface area contributed by atoms with E-state index in [0.717, 1.165) is 32.7 Å². The lowest BCUT2D eigenvalue weighted by molar-refractivity contribution is -0.138. The molecule has 27 heavy (non-hydrogen) atoms. The van der Waals surface area contributed by atoms with Crippen LogP contribution in [-0.4, -0.2) is 86.0 Å². The normalized spacial score (nSPS) is 16.3. The van der Waals surface area contributed by atoms with Crippen LogP contribution in [0.1, 0.15) is 13.8 Å². The Kier molecular flexibility index (Phi) is 7.89. The van der Waals surface area contributed by atoms with E-state index in [4.69, 9.17) is 16.3 Å². The molecule has 0 saturated carbocycles. The van der Waals surface area contributed by atoms with Gasteiger partial charge in [0.1, 0.15) is 5.75 Å². The lowest BCUT2D eigenvalue weighted by atomic mass is 10.2. The fraction of sp³-hybridized carbons (Fsp3) is 0.579. The summed E-state index contributed by atoms with van der Waals surface area (Å²) in [5.74, 6) is 0.364. The quantitative estimate of drug-likeness (QED) is 0.761. The molecule has 1 aromatic carbocycles. The maximum atomic E-state index is 12.7. The number of hydrogen-bond donors (Lipinski definition) is 1. The van der Waals surface area contributed by atoms with Crippen molar-refractivity contribution in [1.82, 2.24) is 14.7 Å². The number of carbonyl (C=O) groups is 2. The zero-order chi connectivity index (χ0) is 20.0. The van der Waals surface area contributed by atoms with Gasteiger partial charge in [0.15, 0.2) is 0 Å². The molecule has 2 amide bonds. The molecule has 1 aliphatic heterocycles. The van der Waals surface area contributed by atoms with E-state index < -0.39 is 0 Å². The predicted molar refractivity (Wildman–Crippen MR) is 107 cm³/mol. The van der Waals surface area contributed by atoms with Crippen LogP contribution in [0.15, 0.2) is 18.2 Å². The first-order chi connectivity index (χ1) is 12.8. The molecule has 0 radical (unpaired) electrons. The van der Waals surface area contributed by atoms with Gasteiger partial charge in [-0.05, 0) is 38.7 Å². The topological polar surface area (TPSA) is 65.1 Å². The lowest BCUT2D eigenvalue weighted by Gasteiger charge is -2.36. The Hall–Kier alpha value is -1.83. The summed E-state index contributed by atoms with van der Waals surface area (Å²) in [6, 6.07) is 4.66. The van der Waals surface area contributed by atoms with Gasteiger partial charge in [0, 0.05) is 31.2 Å². The average Bonchev–Trinajstić information content (AvgIpc) is 2.67. The second-order valence-corrected chi connectivity index (χ2v) is 7.18. The summed E-state index contributed by atoms with van der Waals surface area (Å²) in [4.78, 5) is 31.1. The van der Waals surface area contributed by atoms with Crippen molar-refractivity contribution in [2.75, 3.05) is 58.7 Å². The van der Waals surface area contributed by atoms with Gasteiger partial charge in [-0.25, -0.2) is 0 Å². The molecule has 1 heterocycles. The summed E-state index contributed by atoms with van der Waals surface area (Å²) in [6.07, 6.45) is 0. The maximum Gasteiger partial charge on any atom is 0.239 e. The Morgan fingerprint density at radius 3 is 2.56 bits per heavy atom. The lowest BCUT2D eigenvalue weighted by Crippen LogP contribution is -2.54. The Bertz CT molecular complexity index is 662. The number of ether oxygens (including phenoxy) is 1. The minimum atomic E-state index is -0.370. The molecule has 8 heteroatoms. The average molecular weight is 397 g/mol. The van der Waals surface area contributed by atoms with Gasteiger partial charge in [-0.15, -0.1) is 0 Å². The van der Waals surface area contributed by atoms with Gasteiger partial charge in [-0.1, -0.05) is 18.5 Å². The summed E-state index contributed by atoms with van der Waals surface area (Å²) >= 11 is 5.99. The number of rotatable bonds is 7. The highest BCUT2D eigenvalue weighted by atomic mass is 35.5. The van der Waals surface area contributed by atoms with Crippen LogP contribution in [-0.2, 0) is 9.59 Å². The Morgan fingerprint density at radius 1 is 1.30 bits per heavy atom. The summed E-state index contributed by atoms with van der Waals surface area (Å²) < 4.78 is 5.24. The van der Waals surface area contributed by atoms with Crippen LogP contribution in [0.5, 0.6) is 5.75 Å². The van der Waals surface area contributed by atoms with Gasteiger partial charge in [0.05, 0.1) is 25.4 Å². The first-order valence-electron chi connectivity index (χ1n) is 9.20. The SMILES string of the molecule is CCN1CCN(C(=O)[C@@H](C)N(C)CC(=O)Nc2cc(Cl)ccc2OC)CC1. The number of likely N-dealkylation sites (N-methyl/N-ethyl adjacent to an activating group) is 2. The highest BCUT2D eigenvalue weighted by molar-refractivity contribution is 6.31. The molecule has 1 aromatic rings. The largest absolute Gasteiger partial charge is 0.495 e. The van der Waals surface area contributed by atoms with E-state index in [9.17, 15) is 9.59 Å². The highest BCUT2D eigenvalue weighted by Gasteiger charge is 2.27. The van der Waals surface area contributed by atoms with E-state index >= 15 is 0 Å². The summed E-state index contributed by atoms with van der Waals surface area (Å²) in [5, 5.41) is 3.31. The third-order valence-corrected chi connectivity index (χ3v) is 5.21. The number of halogens is 1. The molecule has 7 nitrogen and oxygen atoms in total. The molecule has 0 aliphatic carbocycles. The number of nitrogens with zero attached hydrogens (tertiary/aromatic N) is 3. The van der Waals surface area contributed by atoms with Gasteiger partial charge in [-0.3, -0.25) is 14.5 Å². The monoisotopic (exact) mass is 396 g/mol. The van der Waals surface area contributed by atoms with Crippen LogP contribution in [0.2, 0.25) is 5.02 Å². The number of anilines is 1. The fourth-order valence-corrected chi connectivity index (χ4v) is 3.24. The van der Waals surface area contributed by atoms with E-state index in [0.29, 0.717) is 16.5 Å². The molecule has 0 unspecified atom stereocenters. The van der Waals surface area contributed by atoms with E-state index in [-0.39, 0.29) is 24.4 Å². The molecule has 0 spiro atoms. The number of hydrogen-bond acceptors (Lipinski definition) is 5. The van der Waals surface area contributed by atoms with Crippen LogP contribution in [0, 0.1) is 0 Å². The molecule has 0 bridgehead atoms. The standard InChI is InChI=1S/C19H29ClN4O3/c1-5-23-8-10-24(11-9-23)19(26)14(2)22(3)13-18(25)21-16-12-15(20)6-7-17(16)27-4/h6-7,12,14H,5,8-11,13H2,1-4H3,(H,21,25)/t14-/m1/s1. The van der Waals surface area contributed by atoms with E-state index in [1.807, 2.05) is 11.8 Å². The zero-order valence-corrected chi connectivity index (χ0v) is 17.3. The Morgan fingerprint density at radius 2 is 1.96 bits per heavy atom. The highest BCUT2D eigenvalue weighted by Crippen LogP contribution is 2.27. The first-order valence-corrected chi connectivity index (χ1v) is 9.58. The second kappa shape index (κ2) is 9.92. The number of piperazine rings is 1. The molecule has 0 aromatic heterocycles. The minimum absolute atomic E-state index is 0.0568. The molecular weight excluding hydrogens is 368 g/mol. The van der Waals surface area contributed by atoms with Gasteiger partial charge in [0.25, 0.3) is 0 Å². The summed E-state index contributed by atoms with van der Waals surface area (Å²) in [5.41, 5.74) is 0.512. The molecule has 1 atom stereocenters. The zero-order valence-electron chi connectivity index (χ0n) is 16.5. The number of nitrogens with one attached hydrogen (secondary N) is 1. The minimum Gasteiger partial charge on any atom is -0.495 e. The molecule has 150 valence electrons. The second-order valence-electron chi connectivity index (χ2n) is 6.74. The van der Waals surface area contributed by atoms with Gasteiger partial charge < -0.3 is 19.9 Å². The van der Waals surface area contributed by atoms with Crippen molar-refractivity contribution in [3.05, 3.63) is 23.2 Å². The molecule has 1 aliphatic rings. The van der Waals surface area contributed by atoms with Crippen molar-refractivity contribution in [2.24, 2.45) is 0 Å². The van der Waals surface area contributed by atoms with Gasteiger partial charge in [-0.2, -0.15) is 0 Å². The third kappa shape index (κ3) is 5.82. The fourth-order valence-electron chi connectivity index (χ4n) is 3.07. The van der Waals surface area contributed by atoms with E-state index in [2.05, 4.69) is 17.1 Å². The molecular formula is C19H29ClN4O3. The number of methoxy groups -OCH3 is 1. The van der Waals surface area contributed by atoms with E-state index in [1.54, 1.807) is 30.1 Å². The van der Waals surface area contributed by atoms with Crippen LogP contribution >= 0.6 is 11.6 Å². The summed E-state index contributed by atoms with van der Waals surface area (Å²) in [6.45, 7) is 8.32. The van der Waals surface area contributed by atoms with Crippen LogP contribution in [0.25, 0.3) is 0 Å². The van der Waals surface area contributed by atoms with Crippen LogP contribution < -0.4 is 10.1 Å². The number of amides is 2. The van der Waals surface area contributed by atoms with Crippen molar-refractivity contribution in [3.8, 4) is 5.75 Å².